The molecule has 0 unspecified atom stereocenters. The number of nitrogens with one attached hydrogen (secondary N) is 1. The number of aromatic nitrogens is 5. The number of carbonyl (C=O) groups is 1. The first-order valence-electron chi connectivity index (χ1n) is 10.4. The van der Waals surface area contributed by atoms with Crippen LogP contribution in [0.15, 0.2) is 48.5 Å². The van der Waals surface area contributed by atoms with Gasteiger partial charge < -0.3 is 9.88 Å². The van der Waals surface area contributed by atoms with Crippen LogP contribution in [0.25, 0.3) is 27.6 Å². The minimum absolute atomic E-state index is 0.00317. The Morgan fingerprint density at radius 3 is 2.55 bits per heavy atom. The van der Waals surface area contributed by atoms with E-state index in [1.54, 1.807) is 0 Å². The minimum Gasteiger partial charge on any atom is -0.349 e. The number of nitrogens with zero attached hydrogens (tertiary/aromatic N) is 5. The quantitative estimate of drug-likeness (QED) is 0.478. The molecule has 31 heavy (non-hydrogen) atoms. The monoisotopic (exact) mass is 412 g/mol. The van der Waals surface area contributed by atoms with Gasteiger partial charge in [0, 0.05) is 30.2 Å². The molecule has 5 rings (SSSR count). The maximum absolute atomic E-state index is 12.6. The lowest BCUT2D eigenvalue weighted by Gasteiger charge is -2.11. The van der Waals surface area contributed by atoms with Crippen molar-refractivity contribution < 1.29 is 4.79 Å². The Hall–Kier alpha value is -3.74. The Bertz CT molecular complexity index is 1450. The van der Waals surface area contributed by atoms with Gasteiger partial charge in [-0.3, -0.25) is 4.79 Å². The van der Waals surface area contributed by atoms with E-state index in [1.165, 1.54) is 0 Å². The van der Waals surface area contributed by atoms with Gasteiger partial charge in [-0.1, -0.05) is 24.3 Å². The average Bonchev–Trinajstić information content (AvgIpc) is 3.30. The second kappa shape index (κ2) is 7.50. The van der Waals surface area contributed by atoms with E-state index in [9.17, 15) is 4.79 Å². The van der Waals surface area contributed by atoms with E-state index >= 15 is 0 Å². The highest BCUT2D eigenvalue weighted by atomic mass is 16.1. The van der Waals surface area contributed by atoms with Crippen LogP contribution in [0, 0.1) is 13.8 Å². The maximum atomic E-state index is 12.6. The molecule has 1 N–H and O–H groups in total. The Labute approximate surface area is 179 Å². The lowest BCUT2D eigenvalue weighted by Crippen LogP contribution is -2.25. The second-order valence-corrected chi connectivity index (χ2v) is 7.87. The number of hydrogen-bond acceptors (Lipinski definition) is 4. The van der Waals surface area contributed by atoms with Crippen molar-refractivity contribution in [1.82, 2.24) is 29.5 Å². The van der Waals surface area contributed by atoms with Gasteiger partial charge in [-0.25, -0.2) is 14.5 Å². The maximum Gasteiger partial charge on any atom is 0.220 e. The summed E-state index contributed by atoms with van der Waals surface area (Å²) >= 11 is 0. The van der Waals surface area contributed by atoms with Crippen molar-refractivity contribution in [2.24, 2.45) is 7.05 Å². The van der Waals surface area contributed by atoms with E-state index in [4.69, 9.17) is 10.1 Å². The molecule has 2 aromatic carbocycles. The lowest BCUT2D eigenvalue weighted by atomic mass is 10.1. The molecule has 156 valence electrons. The number of para-hydroxylation sites is 2. The van der Waals surface area contributed by atoms with E-state index in [0.717, 1.165) is 50.4 Å². The first-order valence-corrected chi connectivity index (χ1v) is 10.4. The van der Waals surface area contributed by atoms with Gasteiger partial charge in [0.2, 0.25) is 5.91 Å². The topological polar surface area (TPSA) is 77.1 Å². The Morgan fingerprint density at radius 1 is 1.00 bits per heavy atom. The normalized spacial score (nSPS) is 11.6. The SMILES string of the molecule is Cc1nc2c3ccccc3nn2c(C)c1CCC(=O)NCc1nc2ccccc2n1C. The molecule has 0 aliphatic heterocycles. The zero-order valence-corrected chi connectivity index (χ0v) is 17.9. The molecular weight excluding hydrogens is 388 g/mol. The predicted octanol–water partition coefficient (Wildman–Crippen LogP) is 3.64. The van der Waals surface area contributed by atoms with E-state index in [0.29, 0.717) is 19.4 Å². The molecule has 0 aliphatic rings. The van der Waals surface area contributed by atoms with E-state index < -0.39 is 0 Å². The first kappa shape index (κ1) is 19.2. The van der Waals surface area contributed by atoms with Crippen molar-refractivity contribution >= 4 is 33.5 Å². The van der Waals surface area contributed by atoms with Crippen molar-refractivity contribution in [2.75, 3.05) is 0 Å². The van der Waals surface area contributed by atoms with Gasteiger partial charge in [-0.05, 0) is 50.1 Å². The molecule has 5 aromatic rings. The predicted molar refractivity (Wildman–Crippen MR) is 121 cm³/mol. The van der Waals surface area contributed by atoms with Crippen molar-refractivity contribution in [2.45, 2.75) is 33.2 Å². The van der Waals surface area contributed by atoms with Crippen LogP contribution in [-0.4, -0.2) is 30.1 Å². The number of amides is 1. The summed E-state index contributed by atoms with van der Waals surface area (Å²) in [5.41, 5.74) is 6.82. The summed E-state index contributed by atoms with van der Waals surface area (Å²) in [6.45, 7) is 4.45. The molecule has 0 radical (unpaired) electrons. The van der Waals surface area contributed by atoms with E-state index in [-0.39, 0.29) is 5.91 Å². The smallest absolute Gasteiger partial charge is 0.220 e. The zero-order valence-electron chi connectivity index (χ0n) is 17.9. The molecular formula is C24H24N6O. The highest BCUT2D eigenvalue weighted by Crippen LogP contribution is 2.23. The Morgan fingerprint density at radius 2 is 1.74 bits per heavy atom. The zero-order chi connectivity index (χ0) is 21.5. The van der Waals surface area contributed by atoms with Crippen LogP contribution < -0.4 is 5.32 Å². The molecule has 7 nitrogen and oxygen atoms in total. The summed E-state index contributed by atoms with van der Waals surface area (Å²) in [4.78, 5) is 22.0. The third-order valence-corrected chi connectivity index (χ3v) is 5.94. The third-order valence-electron chi connectivity index (χ3n) is 5.94. The van der Waals surface area contributed by atoms with Gasteiger partial charge in [-0.2, -0.15) is 5.10 Å². The van der Waals surface area contributed by atoms with Crippen molar-refractivity contribution in [3.05, 3.63) is 71.3 Å². The van der Waals surface area contributed by atoms with Crippen LogP contribution in [0.1, 0.15) is 29.2 Å². The lowest BCUT2D eigenvalue weighted by molar-refractivity contribution is -0.121. The average molecular weight is 412 g/mol. The van der Waals surface area contributed by atoms with Gasteiger partial charge in [0.1, 0.15) is 5.82 Å². The molecule has 3 aromatic heterocycles. The van der Waals surface area contributed by atoms with E-state index in [1.807, 2.05) is 78.5 Å². The summed E-state index contributed by atoms with van der Waals surface area (Å²) in [5.74, 6) is 0.838. The van der Waals surface area contributed by atoms with Crippen LogP contribution in [-0.2, 0) is 24.8 Å². The van der Waals surface area contributed by atoms with Gasteiger partial charge in [0.05, 0.1) is 23.1 Å². The summed E-state index contributed by atoms with van der Waals surface area (Å²) in [5, 5.41) is 8.74. The number of carbonyl (C=O) groups excluding carboxylic acids is 1. The van der Waals surface area contributed by atoms with Crippen LogP contribution >= 0.6 is 0 Å². The fourth-order valence-corrected chi connectivity index (χ4v) is 4.20. The highest BCUT2D eigenvalue weighted by Gasteiger charge is 2.15. The second-order valence-electron chi connectivity index (χ2n) is 7.87. The van der Waals surface area contributed by atoms with Gasteiger partial charge >= 0.3 is 0 Å². The number of aryl methyl sites for hydroxylation is 3. The molecule has 0 aliphatic carbocycles. The fourth-order valence-electron chi connectivity index (χ4n) is 4.20. The fraction of sp³-hybridized carbons (Fsp3) is 0.250. The molecule has 0 spiro atoms. The van der Waals surface area contributed by atoms with Gasteiger partial charge in [-0.15, -0.1) is 0 Å². The number of hydrogen-bond donors (Lipinski definition) is 1. The number of rotatable bonds is 5. The van der Waals surface area contributed by atoms with Crippen molar-refractivity contribution in [3.8, 4) is 0 Å². The minimum atomic E-state index is -0.00317. The first-order chi connectivity index (χ1) is 15.0. The molecule has 0 atom stereocenters. The number of imidazole rings is 1. The largest absolute Gasteiger partial charge is 0.349 e. The summed E-state index contributed by atoms with van der Waals surface area (Å²) in [6.07, 6.45) is 1.00. The van der Waals surface area contributed by atoms with Gasteiger partial charge in [0.25, 0.3) is 0 Å². The van der Waals surface area contributed by atoms with Crippen LogP contribution in [0.5, 0.6) is 0 Å². The highest BCUT2D eigenvalue weighted by molar-refractivity contribution is 5.92. The van der Waals surface area contributed by atoms with Crippen LogP contribution in [0.4, 0.5) is 0 Å². The molecule has 0 fully saturated rings. The van der Waals surface area contributed by atoms with Gasteiger partial charge in [0.15, 0.2) is 5.65 Å². The Kier molecular flexibility index (Phi) is 4.66. The molecule has 0 saturated heterocycles. The Balaban J connectivity index is 1.31. The third kappa shape index (κ3) is 3.32. The van der Waals surface area contributed by atoms with Crippen molar-refractivity contribution in [1.29, 1.82) is 0 Å². The number of benzene rings is 2. The molecule has 3 heterocycles. The van der Waals surface area contributed by atoms with Crippen LogP contribution in [0.3, 0.4) is 0 Å². The molecule has 0 saturated carbocycles. The molecule has 7 heteroatoms. The number of fused-ring (bicyclic) bond motifs is 4. The van der Waals surface area contributed by atoms with Crippen LogP contribution in [0.2, 0.25) is 0 Å². The molecule has 1 amide bonds. The van der Waals surface area contributed by atoms with Crippen molar-refractivity contribution in [3.63, 3.8) is 0 Å². The summed E-state index contributed by atoms with van der Waals surface area (Å²) < 4.78 is 3.91. The summed E-state index contributed by atoms with van der Waals surface area (Å²) in [6, 6.07) is 16.0. The van der Waals surface area contributed by atoms with E-state index in [2.05, 4.69) is 10.3 Å². The molecule has 0 bridgehead atoms. The summed E-state index contributed by atoms with van der Waals surface area (Å²) in [7, 11) is 1.97. The standard InChI is InChI=1S/C24H24N6O/c1-15-17(16(2)30-24(26-15)18-8-4-5-9-19(18)28-30)12-13-23(31)25-14-22-27-20-10-6-7-11-21(20)29(22)3/h4-11H,12-14H2,1-3H3,(H,25,31).